The number of carboxylic acids is 2. The fourth-order valence-corrected chi connectivity index (χ4v) is 0. The Morgan fingerprint density at radius 3 is 0.909 bits per heavy atom. The maximum atomic E-state index is 9.00. The Morgan fingerprint density at radius 2 is 0.909 bits per heavy atom. The van der Waals surface area contributed by atoms with Crippen molar-refractivity contribution in [2.75, 3.05) is 0 Å². The van der Waals surface area contributed by atoms with Gasteiger partial charge in [0.05, 0.1) is 0 Å². The number of hydrogen-bond donors (Lipinski definition) is 2. The second-order valence-electron chi connectivity index (χ2n) is 1.04. The zero-order valence-corrected chi connectivity index (χ0v) is 10.3. The van der Waals surface area contributed by atoms with Gasteiger partial charge >= 0.3 is 0 Å². The van der Waals surface area contributed by atoms with E-state index in [1.165, 1.54) is 0 Å². The van der Waals surface area contributed by atoms with Crippen LogP contribution in [0.5, 0.6) is 0 Å². The zero-order chi connectivity index (χ0) is 7.15. The number of carbonyl (C=O) groups is 2. The molecule has 0 rings (SSSR count). The molecule has 0 fully saturated rings. The van der Waals surface area contributed by atoms with Crippen LogP contribution in [0.4, 0.5) is 0 Å². The quantitative estimate of drug-likeness (QED) is 0.603. The van der Waals surface area contributed by atoms with E-state index in [4.69, 9.17) is 19.8 Å². The summed E-state index contributed by atoms with van der Waals surface area (Å²) in [4.78, 5) is 18.0. The van der Waals surface area contributed by atoms with Gasteiger partial charge in [0.25, 0.3) is 11.9 Å². The van der Waals surface area contributed by atoms with Crippen LogP contribution < -0.4 is 0 Å². The van der Waals surface area contributed by atoms with E-state index in [0.29, 0.717) is 0 Å². The minimum atomic E-state index is -0.833. The molecule has 0 bridgehead atoms. The average Bonchev–Trinajstić information content (AvgIpc) is 1.25. The maximum absolute atomic E-state index is 9.00. The van der Waals surface area contributed by atoms with Crippen molar-refractivity contribution >= 4 is 31.7 Å². The van der Waals surface area contributed by atoms with Crippen LogP contribution >= 0.6 is 19.8 Å². The molecule has 0 aliphatic carbocycles. The molecule has 0 aliphatic heterocycles. The van der Waals surface area contributed by atoms with Crippen LogP contribution in [0.25, 0.3) is 0 Å². The third-order valence-corrected chi connectivity index (χ3v) is 0. The molecule has 0 aromatic carbocycles. The molecule has 0 saturated carbocycles. The summed E-state index contributed by atoms with van der Waals surface area (Å²) >= 11 is 0. The summed E-state index contributed by atoms with van der Waals surface area (Å²) in [6.45, 7) is 2.17. The second-order valence-corrected chi connectivity index (χ2v) is 1.04. The number of aliphatic carboxylic acids is 2. The Bertz CT molecular complexity index is 78.1. The van der Waals surface area contributed by atoms with E-state index < -0.39 is 11.9 Å². The Balaban J connectivity index is -0.0000000171. The second kappa shape index (κ2) is 22.4. The van der Waals surface area contributed by atoms with Crippen LogP contribution in [-0.4, -0.2) is 22.2 Å². The topological polar surface area (TPSA) is 74.6 Å². The summed E-state index contributed by atoms with van der Waals surface area (Å²) in [7, 11) is 0. The van der Waals surface area contributed by atoms with E-state index in [1.807, 2.05) is 0 Å². The molecule has 0 aromatic heterocycles. The minimum Gasteiger partial charge on any atom is -0.481 e. The van der Waals surface area contributed by atoms with Gasteiger partial charge in [0, 0.05) is 30.6 Å². The van der Waals surface area contributed by atoms with Gasteiger partial charge in [-0.15, -0.1) is 0 Å². The smallest absolute Gasteiger partial charge is 0.300 e. The summed E-state index contributed by atoms with van der Waals surface area (Å²) in [5, 5.41) is 14.8. The molecular weight excluding hydrogens is 233 g/mol. The average molecular weight is 247 g/mol. The Labute approximate surface area is 82.6 Å². The molecule has 7 heteroatoms. The van der Waals surface area contributed by atoms with Crippen molar-refractivity contribution in [3.8, 4) is 0 Å². The Kier molecular flexibility index (Phi) is 61.6. The number of carboxylic acid groups (broad SMARTS) is 2. The van der Waals surface area contributed by atoms with Crippen molar-refractivity contribution < 1.29 is 36.6 Å². The first-order chi connectivity index (χ1) is 3.46. The largest absolute Gasteiger partial charge is 0.481 e. The molecule has 2 N–H and O–H groups in total. The molecule has 73 valence electrons. The zero-order valence-electron chi connectivity index (χ0n) is 6.46. The van der Waals surface area contributed by atoms with Crippen LogP contribution in [0.1, 0.15) is 13.8 Å². The molecule has 0 aromatic rings. The molecule has 2 atom stereocenters. The van der Waals surface area contributed by atoms with Gasteiger partial charge in [-0.25, -0.2) is 0 Å². The maximum Gasteiger partial charge on any atom is 0.300 e. The van der Waals surface area contributed by atoms with E-state index in [0.717, 1.165) is 13.8 Å². The van der Waals surface area contributed by atoms with Crippen LogP contribution in [-0.2, 0) is 26.4 Å². The van der Waals surface area contributed by atoms with Gasteiger partial charge in [0.15, 0.2) is 0 Å². The predicted octanol–water partition coefficient (Wildman–Crippen LogP) is 0.295. The molecule has 2 unspecified atom stereocenters. The van der Waals surface area contributed by atoms with Gasteiger partial charge < -0.3 is 10.2 Å². The van der Waals surface area contributed by atoms with Crippen molar-refractivity contribution in [3.63, 3.8) is 0 Å². The standard InChI is InChI=1S/2C2H4O2.Co.2H3P/c2*1-2(3)4;;;/h2*1H3,(H,3,4);;2*1H3. The first-order valence-corrected chi connectivity index (χ1v) is 1.86. The van der Waals surface area contributed by atoms with E-state index in [9.17, 15) is 0 Å². The van der Waals surface area contributed by atoms with Crippen molar-refractivity contribution in [1.29, 1.82) is 0 Å². The molecule has 4 nitrogen and oxygen atoms in total. The molecule has 0 spiro atoms. The molecular formula is C4H14CoO4P2. The van der Waals surface area contributed by atoms with E-state index in [2.05, 4.69) is 0 Å². The van der Waals surface area contributed by atoms with Gasteiger partial charge in [-0.05, 0) is 0 Å². The molecule has 0 aliphatic rings. The summed E-state index contributed by atoms with van der Waals surface area (Å²) in [5.41, 5.74) is 0. The SMILES string of the molecule is CC(=O)O.CC(=O)O.P.P.[Co]. The first-order valence-electron chi connectivity index (χ1n) is 1.86. The van der Waals surface area contributed by atoms with Gasteiger partial charge in [0.1, 0.15) is 0 Å². The summed E-state index contributed by atoms with van der Waals surface area (Å²) < 4.78 is 0. The fraction of sp³-hybridized carbons (Fsp3) is 0.500. The van der Waals surface area contributed by atoms with Gasteiger partial charge in [-0.2, -0.15) is 19.8 Å². The summed E-state index contributed by atoms with van der Waals surface area (Å²) in [6.07, 6.45) is 0. The molecule has 0 saturated heterocycles. The predicted molar refractivity (Wildman–Crippen MR) is 48.8 cm³/mol. The van der Waals surface area contributed by atoms with Crippen molar-refractivity contribution in [2.24, 2.45) is 0 Å². The first kappa shape index (κ1) is 30.2. The van der Waals surface area contributed by atoms with Gasteiger partial charge in [-0.3, -0.25) is 9.59 Å². The summed E-state index contributed by atoms with van der Waals surface area (Å²) in [6, 6.07) is 0. The van der Waals surface area contributed by atoms with Crippen LogP contribution in [0, 0.1) is 0 Å². The monoisotopic (exact) mass is 247 g/mol. The Hall–Kier alpha value is 0.306. The van der Waals surface area contributed by atoms with E-state index >= 15 is 0 Å². The fourth-order valence-electron chi connectivity index (χ4n) is 0. The Morgan fingerprint density at radius 1 is 0.909 bits per heavy atom. The number of hydrogen-bond acceptors (Lipinski definition) is 2. The molecule has 1 radical (unpaired) electrons. The van der Waals surface area contributed by atoms with Crippen LogP contribution in [0.2, 0.25) is 0 Å². The van der Waals surface area contributed by atoms with Crippen LogP contribution in [0.15, 0.2) is 0 Å². The normalized spacial score (nSPS) is 4.55. The molecule has 0 amide bonds. The van der Waals surface area contributed by atoms with E-state index in [1.54, 1.807) is 0 Å². The summed E-state index contributed by atoms with van der Waals surface area (Å²) in [5.74, 6) is -1.67. The van der Waals surface area contributed by atoms with Crippen molar-refractivity contribution in [1.82, 2.24) is 0 Å². The number of rotatable bonds is 0. The molecule has 11 heavy (non-hydrogen) atoms. The van der Waals surface area contributed by atoms with Crippen molar-refractivity contribution in [3.05, 3.63) is 0 Å². The van der Waals surface area contributed by atoms with Crippen molar-refractivity contribution in [2.45, 2.75) is 13.8 Å². The van der Waals surface area contributed by atoms with Crippen LogP contribution in [0.3, 0.4) is 0 Å². The third kappa shape index (κ3) is 7570. The van der Waals surface area contributed by atoms with Gasteiger partial charge in [0.2, 0.25) is 0 Å². The molecule has 0 heterocycles. The third-order valence-electron chi connectivity index (χ3n) is 0. The minimum absolute atomic E-state index is 0. The van der Waals surface area contributed by atoms with Gasteiger partial charge in [-0.1, -0.05) is 0 Å². The van der Waals surface area contributed by atoms with E-state index in [-0.39, 0.29) is 36.6 Å².